The van der Waals surface area contributed by atoms with Crippen LogP contribution in [0.1, 0.15) is 28.4 Å². The smallest absolute Gasteiger partial charge is 0.331 e. The molecule has 0 unspecified atom stereocenters. The Balaban J connectivity index is 1.59. The highest BCUT2D eigenvalue weighted by Crippen LogP contribution is 2.31. The van der Waals surface area contributed by atoms with E-state index in [4.69, 9.17) is 0 Å². The number of hydrogen-bond donors (Lipinski definition) is 0. The van der Waals surface area contributed by atoms with Crippen LogP contribution in [0.2, 0.25) is 0 Å². The number of hydrogen-bond acceptors (Lipinski definition) is 7. The number of sulfonamides is 1. The van der Waals surface area contributed by atoms with E-state index in [2.05, 4.69) is 16.0 Å². The molecule has 37 heavy (non-hydrogen) atoms. The molecule has 4 rings (SSSR count). The van der Waals surface area contributed by atoms with Gasteiger partial charge in [-0.15, -0.1) is 0 Å². The average Bonchev–Trinajstić information content (AvgIpc) is 3.24. The molecule has 2 fully saturated rings. The first kappa shape index (κ1) is 26.4. The maximum absolute atomic E-state index is 13.6. The Labute approximate surface area is 217 Å². The third kappa shape index (κ3) is 5.24. The van der Waals surface area contributed by atoms with Gasteiger partial charge in [0, 0.05) is 65.1 Å². The lowest BCUT2D eigenvalue weighted by atomic mass is 10.1. The van der Waals surface area contributed by atoms with Crippen molar-refractivity contribution in [2.75, 3.05) is 66.7 Å². The summed E-state index contributed by atoms with van der Waals surface area (Å²) in [5.74, 6) is 0.251. The van der Waals surface area contributed by atoms with Gasteiger partial charge in [-0.05, 0) is 43.2 Å². The van der Waals surface area contributed by atoms with E-state index in [9.17, 15) is 22.8 Å². The number of nitrogens with zero attached hydrogens (tertiary/aromatic N) is 6. The number of carbonyl (C=O) groups is 3. The van der Waals surface area contributed by atoms with Crippen molar-refractivity contribution >= 4 is 45.1 Å². The third-order valence-corrected chi connectivity index (χ3v) is 7.99. The van der Waals surface area contributed by atoms with Crippen molar-refractivity contribution in [2.45, 2.75) is 20.8 Å². The van der Waals surface area contributed by atoms with Crippen LogP contribution in [-0.2, 0) is 14.8 Å². The molecule has 2 aliphatic heterocycles. The first-order chi connectivity index (χ1) is 17.4. The summed E-state index contributed by atoms with van der Waals surface area (Å²) in [6.45, 7) is 7.96. The zero-order valence-electron chi connectivity index (χ0n) is 21.8. The molecule has 1 aromatic heterocycles. The summed E-state index contributed by atoms with van der Waals surface area (Å²) < 4.78 is 25.9. The molecule has 3 heterocycles. The van der Waals surface area contributed by atoms with Crippen molar-refractivity contribution in [1.82, 2.24) is 14.8 Å². The lowest BCUT2D eigenvalue weighted by Crippen LogP contribution is -2.49. The molecule has 4 amide bonds. The maximum atomic E-state index is 13.6. The predicted octanol–water partition coefficient (Wildman–Crippen LogP) is 1.85. The minimum atomic E-state index is -3.70. The highest BCUT2D eigenvalue weighted by Gasteiger charge is 2.34. The van der Waals surface area contributed by atoms with Gasteiger partial charge in [-0.3, -0.25) is 23.7 Å². The second kappa shape index (κ2) is 10.0. The molecule has 12 heteroatoms. The van der Waals surface area contributed by atoms with Gasteiger partial charge >= 0.3 is 6.03 Å². The van der Waals surface area contributed by atoms with Crippen molar-refractivity contribution < 1.29 is 22.8 Å². The van der Waals surface area contributed by atoms with Gasteiger partial charge < -0.3 is 9.80 Å². The van der Waals surface area contributed by atoms with E-state index in [0.717, 1.165) is 32.4 Å². The number of imide groups is 1. The Morgan fingerprint density at radius 3 is 2.24 bits per heavy atom. The molecule has 2 aliphatic rings. The molecule has 0 N–H and O–H groups in total. The fourth-order valence-corrected chi connectivity index (χ4v) is 5.22. The molecule has 2 aromatic rings. The van der Waals surface area contributed by atoms with E-state index in [1.54, 1.807) is 17.0 Å². The number of rotatable bonds is 5. The molecule has 0 spiro atoms. The maximum Gasteiger partial charge on any atom is 0.331 e. The molecule has 0 radical (unpaired) electrons. The van der Waals surface area contributed by atoms with Crippen LogP contribution < -0.4 is 14.1 Å². The number of benzene rings is 1. The number of amides is 4. The second-order valence-corrected chi connectivity index (χ2v) is 11.5. The first-order valence-electron chi connectivity index (χ1n) is 12.0. The Hall–Kier alpha value is -3.67. The van der Waals surface area contributed by atoms with Crippen LogP contribution in [-0.4, -0.2) is 93.6 Å². The number of aryl methyl sites for hydroxylation is 2. The van der Waals surface area contributed by atoms with Crippen LogP contribution in [0, 0.1) is 13.8 Å². The molecule has 0 atom stereocenters. The zero-order valence-corrected chi connectivity index (χ0v) is 22.6. The first-order valence-corrected chi connectivity index (χ1v) is 13.9. The molecule has 2 saturated heterocycles. The van der Waals surface area contributed by atoms with E-state index in [1.165, 1.54) is 24.9 Å². The molecule has 1 aromatic carbocycles. The lowest BCUT2D eigenvalue weighted by Gasteiger charge is -2.36. The van der Waals surface area contributed by atoms with Crippen molar-refractivity contribution in [3.8, 4) is 0 Å². The fourth-order valence-electron chi connectivity index (χ4n) is 4.71. The second-order valence-electron chi connectivity index (χ2n) is 9.47. The molecule has 0 aliphatic carbocycles. The third-order valence-electron chi connectivity index (χ3n) is 6.80. The molecular formula is C25H32N6O5S. The zero-order chi connectivity index (χ0) is 27.1. The van der Waals surface area contributed by atoms with Gasteiger partial charge in [0.05, 0.1) is 17.5 Å². The summed E-state index contributed by atoms with van der Waals surface area (Å²) >= 11 is 0. The molecule has 11 nitrogen and oxygen atoms in total. The lowest BCUT2D eigenvalue weighted by molar-refractivity contribution is -0.125. The number of anilines is 3. The van der Waals surface area contributed by atoms with Crippen LogP contribution in [0.15, 0.2) is 30.5 Å². The van der Waals surface area contributed by atoms with Gasteiger partial charge in [-0.1, -0.05) is 6.07 Å². The number of piperazine rings is 1. The summed E-state index contributed by atoms with van der Waals surface area (Å²) in [6.07, 6.45) is 2.89. The van der Waals surface area contributed by atoms with Crippen LogP contribution in [0.5, 0.6) is 0 Å². The number of pyridine rings is 1. The van der Waals surface area contributed by atoms with Gasteiger partial charge in [0.2, 0.25) is 15.9 Å². The van der Waals surface area contributed by atoms with Gasteiger partial charge in [-0.2, -0.15) is 0 Å². The van der Waals surface area contributed by atoms with Gasteiger partial charge in [0.1, 0.15) is 5.82 Å². The highest BCUT2D eigenvalue weighted by atomic mass is 32.2. The van der Waals surface area contributed by atoms with Crippen molar-refractivity contribution in [3.63, 3.8) is 0 Å². The molecule has 0 saturated carbocycles. The Morgan fingerprint density at radius 1 is 1.00 bits per heavy atom. The highest BCUT2D eigenvalue weighted by molar-refractivity contribution is 7.92. The monoisotopic (exact) mass is 528 g/mol. The Bertz CT molecular complexity index is 1350. The summed E-state index contributed by atoms with van der Waals surface area (Å²) in [7, 11) is -2.32. The average molecular weight is 529 g/mol. The standard InChI is InChI=1S/C25H32N6O5S/c1-17-14-18(2)23(26-16-17)28-8-10-29(11-9-28)24(33)21-7-6-20(15-22(21)27(4)37(5,35)36)31-13-12-30(19(3)32)25(31)34/h6-7,14-16H,8-13H2,1-5H3. The fraction of sp³-hybridized carbons (Fsp3) is 0.440. The summed E-state index contributed by atoms with van der Waals surface area (Å²) in [5, 5.41) is 0. The minimum absolute atomic E-state index is 0.178. The van der Waals surface area contributed by atoms with Crippen molar-refractivity contribution in [1.29, 1.82) is 0 Å². The summed E-state index contributed by atoms with van der Waals surface area (Å²) in [6, 6.07) is 6.29. The minimum Gasteiger partial charge on any atom is -0.353 e. The number of urea groups is 1. The molecular weight excluding hydrogens is 496 g/mol. The normalized spacial score (nSPS) is 16.4. The van der Waals surface area contributed by atoms with Gasteiger partial charge in [-0.25, -0.2) is 18.2 Å². The van der Waals surface area contributed by atoms with Crippen LogP contribution in [0.25, 0.3) is 0 Å². The largest absolute Gasteiger partial charge is 0.353 e. The topological polar surface area (TPSA) is 114 Å². The number of carbonyl (C=O) groups excluding carboxylic acids is 3. The van der Waals surface area contributed by atoms with Gasteiger partial charge in [0.15, 0.2) is 0 Å². The quantitative estimate of drug-likeness (QED) is 0.582. The van der Waals surface area contributed by atoms with Gasteiger partial charge in [0.25, 0.3) is 5.91 Å². The van der Waals surface area contributed by atoms with Crippen LogP contribution >= 0.6 is 0 Å². The van der Waals surface area contributed by atoms with Crippen LogP contribution in [0.3, 0.4) is 0 Å². The Morgan fingerprint density at radius 2 is 1.68 bits per heavy atom. The van der Waals surface area contributed by atoms with E-state index < -0.39 is 16.1 Å². The molecule has 0 bridgehead atoms. The van der Waals surface area contributed by atoms with Crippen molar-refractivity contribution in [2.24, 2.45) is 0 Å². The predicted molar refractivity (Wildman–Crippen MR) is 142 cm³/mol. The molecule has 198 valence electrons. The van der Waals surface area contributed by atoms with E-state index in [-0.39, 0.29) is 36.2 Å². The van der Waals surface area contributed by atoms with Crippen molar-refractivity contribution in [3.05, 3.63) is 47.2 Å². The van der Waals surface area contributed by atoms with E-state index in [0.29, 0.717) is 31.9 Å². The SMILES string of the molecule is CC(=O)N1CCN(c2ccc(C(=O)N3CCN(c4ncc(C)cc4C)CC3)c(N(C)S(C)(=O)=O)c2)C1=O. The van der Waals surface area contributed by atoms with E-state index >= 15 is 0 Å². The number of aromatic nitrogens is 1. The summed E-state index contributed by atoms with van der Waals surface area (Å²) in [5.41, 5.74) is 2.99. The van der Waals surface area contributed by atoms with E-state index in [1.807, 2.05) is 20.0 Å². The van der Waals surface area contributed by atoms with Crippen LogP contribution in [0.4, 0.5) is 22.0 Å². The Kier molecular flexibility index (Phi) is 7.13. The summed E-state index contributed by atoms with van der Waals surface area (Å²) in [4.78, 5) is 49.0.